The molecule has 2 aromatic heterocycles. The molecule has 1 atom stereocenters. The van der Waals surface area contributed by atoms with Gasteiger partial charge in [-0.2, -0.15) is 0 Å². The minimum atomic E-state index is 0.000289. The molecule has 0 spiro atoms. The molecule has 20 heavy (non-hydrogen) atoms. The molecule has 3 rings (SSSR count). The Kier molecular flexibility index (Phi) is 3.62. The molecule has 0 unspecified atom stereocenters. The maximum Gasteiger partial charge on any atom is 0.242 e. The summed E-state index contributed by atoms with van der Waals surface area (Å²) < 4.78 is 7.59. The normalized spacial score (nSPS) is 18.2. The van der Waals surface area contributed by atoms with Crippen molar-refractivity contribution < 1.29 is 9.53 Å². The first-order valence-corrected chi connectivity index (χ1v) is 6.62. The quantitative estimate of drug-likeness (QED) is 0.831. The molecule has 1 saturated heterocycles. The predicted molar refractivity (Wildman–Crippen MR) is 72.1 cm³/mol. The minimum absolute atomic E-state index is 0.000289. The number of aromatic nitrogens is 3. The fraction of sp³-hybridized carbons (Fsp3) is 0.357. The highest BCUT2D eigenvalue weighted by atomic mass is 16.5. The van der Waals surface area contributed by atoms with Crippen LogP contribution in [0.25, 0.3) is 0 Å². The highest BCUT2D eigenvalue weighted by molar-refractivity contribution is 5.76. The van der Waals surface area contributed by atoms with Crippen molar-refractivity contribution in [1.29, 1.82) is 0 Å². The second kappa shape index (κ2) is 5.73. The van der Waals surface area contributed by atoms with Gasteiger partial charge in [0, 0.05) is 37.8 Å². The van der Waals surface area contributed by atoms with Crippen LogP contribution < -0.4 is 4.74 Å². The Labute approximate surface area is 117 Å². The van der Waals surface area contributed by atoms with Crippen LogP contribution in [0, 0.1) is 0 Å². The summed E-state index contributed by atoms with van der Waals surface area (Å²) in [5.41, 5.74) is 0. The lowest BCUT2D eigenvalue weighted by atomic mass is 10.3. The van der Waals surface area contributed by atoms with Crippen molar-refractivity contribution in [2.45, 2.75) is 19.1 Å². The van der Waals surface area contributed by atoms with Gasteiger partial charge in [-0.1, -0.05) is 0 Å². The van der Waals surface area contributed by atoms with Gasteiger partial charge >= 0.3 is 0 Å². The van der Waals surface area contributed by atoms with Crippen LogP contribution in [0.1, 0.15) is 6.42 Å². The van der Waals surface area contributed by atoms with Crippen LogP contribution >= 0.6 is 0 Å². The zero-order chi connectivity index (χ0) is 13.8. The fourth-order valence-corrected chi connectivity index (χ4v) is 2.30. The van der Waals surface area contributed by atoms with Crippen molar-refractivity contribution in [3.63, 3.8) is 0 Å². The van der Waals surface area contributed by atoms with Crippen molar-refractivity contribution in [3.8, 4) is 5.88 Å². The molecule has 0 aliphatic carbocycles. The van der Waals surface area contributed by atoms with Crippen molar-refractivity contribution in [1.82, 2.24) is 19.4 Å². The zero-order valence-electron chi connectivity index (χ0n) is 11.1. The first-order chi connectivity index (χ1) is 9.81. The van der Waals surface area contributed by atoms with Gasteiger partial charge in [0.15, 0.2) is 0 Å². The second-order valence-electron chi connectivity index (χ2n) is 4.77. The lowest BCUT2D eigenvalue weighted by molar-refractivity contribution is -0.131. The summed E-state index contributed by atoms with van der Waals surface area (Å²) in [4.78, 5) is 22.0. The van der Waals surface area contributed by atoms with E-state index in [1.54, 1.807) is 18.6 Å². The number of rotatable bonds is 4. The van der Waals surface area contributed by atoms with Crippen molar-refractivity contribution in [2.75, 3.05) is 13.1 Å². The van der Waals surface area contributed by atoms with Gasteiger partial charge in [-0.15, -0.1) is 0 Å². The summed E-state index contributed by atoms with van der Waals surface area (Å²) in [6.45, 7) is 1.71. The van der Waals surface area contributed by atoms with E-state index in [1.807, 2.05) is 34.0 Å². The number of hydrogen-bond donors (Lipinski definition) is 0. The van der Waals surface area contributed by atoms with E-state index >= 15 is 0 Å². The van der Waals surface area contributed by atoms with Gasteiger partial charge in [-0.3, -0.25) is 9.78 Å². The van der Waals surface area contributed by atoms with E-state index < -0.39 is 0 Å². The van der Waals surface area contributed by atoms with E-state index in [1.165, 1.54) is 0 Å². The molecule has 0 N–H and O–H groups in total. The van der Waals surface area contributed by atoms with Crippen LogP contribution in [-0.2, 0) is 11.3 Å². The molecule has 1 amide bonds. The van der Waals surface area contributed by atoms with Crippen LogP contribution in [0.5, 0.6) is 5.88 Å². The molecule has 0 bridgehead atoms. The summed E-state index contributed by atoms with van der Waals surface area (Å²) >= 11 is 0. The Hall–Kier alpha value is -2.37. The predicted octanol–water partition coefficient (Wildman–Crippen LogP) is 0.958. The first kappa shape index (κ1) is 12.7. The molecule has 1 aliphatic rings. The first-order valence-electron chi connectivity index (χ1n) is 6.62. The van der Waals surface area contributed by atoms with Crippen LogP contribution in [0.15, 0.2) is 43.1 Å². The van der Waals surface area contributed by atoms with E-state index in [0.717, 1.165) is 13.0 Å². The monoisotopic (exact) mass is 272 g/mol. The third kappa shape index (κ3) is 2.96. The topological polar surface area (TPSA) is 60.2 Å². The molecule has 6 nitrogen and oxygen atoms in total. The highest BCUT2D eigenvalue weighted by Gasteiger charge is 2.27. The molecule has 0 aromatic carbocycles. The summed E-state index contributed by atoms with van der Waals surface area (Å²) in [7, 11) is 0. The standard InChI is InChI=1S/C14H16N4O2/c19-14(11-17-6-1-2-7-17)18-8-3-12(10-18)20-13-9-15-4-5-16-13/h1-2,4-7,9,12H,3,8,10-11H2/t12-/m1/s1. The Balaban J connectivity index is 1.53. The number of nitrogens with zero attached hydrogens (tertiary/aromatic N) is 4. The number of hydrogen-bond acceptors (Lipinski definition) is 4. The van der Waals surface area contributed by atoms with Crippen molar-refractivity contribution in [3.05, 3.63) is 43.1 Å². The summed E-state index contributed by atoms with van der Waals surface area (Å²) in [6, 6.07) is 3.83. The van der Waals surface area contributed by atoms with Crippen molar-refractivity contribution in [2.24, 2.45) is 0 Å². The lowest BCUT2D eigenvalue weighted by Crippen LogP contribution is -2.33. The summed E-state index contributed by atoms with van der Waals surface area (Å²) in [5.74, 6) is 0.628. The summed E-state index contributed by atoms with van der Waals surface area (Å²) in [5, 5.41) is 0. The van der Waals surface area contributed by atoms with Gasteiger partial charge in [0.1, 0.15) is 12.6 Å². The average molecular weight is 272 g/mol. The maximum absolute atomic E-state index is 12.1. The summed E-state index contributed by atoms with van der Waals surface area (Å²) in [6.07, 6.45) is 9.40. The van der Waals surface area contributed by atoms with E-state index in [9.17, 15) is 4.79 Å². The molecule has 0 saturated carbocycles. The van der Waals surface area contributed by atoms with Gasteiger partial charge in [0.2, 0.25) is 11.8 Å². The van der Waals surface area contributed by atoms with Crippen LogP contribution in [0.3, 0.4) is 0 Å². The van der Waals surface area contributed by atoms with E-state index in [-0.39, 0.29) is 12.0 Å². The highest BCUT2D eigenvalue weighted by Crippen LogP contribution is 2.16. The Bertz CT molecular complexity index is 556. The third-order valence-electron chi connectivity index (χ3n) is 3.31. The van der Waals surface area contributed by atoms with Crippen molar-refractivity contribution >= 4 is 5.91 Å². The lowest BCUT2D eigenvalue weighted by Gasteiger charge is -2.17. The zero-order valence-corrected chi connectivity index (χ0v) is 11.1. The second-order valence-corrected chi connectivity index (χ2v) is 4.77. The van der Waals surface area contributed by atoms with Gasteiger partial charge < -0.3 is 14.2 Å². The molecular formula is C14H16N4O2. The molecule has 0 radical (unpaired) electrons. The molecule has 1 aliphatic heterocycles. The number of ether oxygens (including phenoxy) is 1. The number of carbonyl (C=O) groups excluding carboxylic acids is 1. The van der Waals surface area contributed by atoms with Gasteiger partial charge in [-0.05, 0) is 12.1 Å². The minimum Gasteiger partial charge on any atom is -0.471 e. The molecule has 3 heterocycles. The Morgan fingerprint density at radius 3 is 2.95 bits per heavy atom. The molecular weight excluding hydrogens is 256 g/mol. The fourth-order valence-electron chi connectivity index (χ4n) is 2.30. The maximum atomic E-state index is 12.1. The van der Waals surface area contributed by atoms with E-state index in [2.05, 4.69) is 9.97 Å². The molecule has 104 valence electrons. The van der Waals surface area contributed by atoms with Crippen LogP contribution in [0.2, 0.25) is 0 Å². The smallest absolute Gasteiger partial charge is 0.242 e. The number of amides is 1. The number of carbonyl (C=O) groups is 1. The van der Waals surface area contributed by atoms with Gasteiger partial charge in [-0.25, -0.2) is 4.98 Å². The van der Waals surface area contributed by atoms with Crippen LogP contribution in [-0.4, -0.2) is 44.5 Å². The Morgan fingerprint density at radius 2 is 2.20 bits per heavy atom. The average Bonchev–Trinajstić information content (AvgIpc) is 3.11. The van der Waals surface area contributed by atoms with E-state index in [4.69, 9.17) is 4.74 Å². The van der Waals surface area contributed by atoms with Crippen LogP contribution in [0.4, 0.5) is 0 Å². The third-order valence-corrected chi connectivity index (χ3v) is 3.31. The Morgan fingerprint density at radius 1 is 1.35 bits per heavy atom. The molecule has 6 heteroatoms. The SMILES string of the molecule is O=C(Cn1cccc1)N1CC[C@@H](Oc2cnccn2)C1. The molecule has 2 aromatic rings. The molecule has 1 fully saturated rings. The largest absolute Gasteiger partial charge is 0.471 e. The van der Waals surface area contributed by atoms with E-state index in [0.29, 0.717) is 19.0 Å². The van der Waals surface area contributed by atoms with Gasteiger partial charge in [0.05, 0.1) is 12.7 Å². The van der Waals surface area contributed by atoms with Gasteiger partial charge in [0.25, 0.3) is 0 Å². The number of likely N-dealkylation sites (tertiary alicyclic amines) is 1.